The molecule has 130 valence electrons. The van der Waals surface area contributed by atoms with Crippen LogP contribution in [-0.4, -0.2) is 33.3 Å². The molecule has 0 aliphatic carbocycles. The fourth-order valence-electron chi connectivity index (χ4n) is 2.09. The molecule has 0 aliphatic rings. The van der Waals surface area contributed by atoms with Crippen LogP contribution in [0.15, 0.2) is 30.3 Å². The summed E-state index contributed by atoms with van der Waals surface area (Å²) in [6.45, 7) is 6.04. The number of nitrogens with one attached hydrogen (secondary N) is 1. The van der Waals surface area contributed by atoms with Gasteiger partial charge in [-0.1, -0.05) is 44.2 Å². The van der Waals surface area contributed by atoms with Gasteiger partial charge in [-0.3, -0.25) is 4.79 Å². The molecule has 0 fully saturated rings. The van der Waals surface area contributed by atoms with Crippen molar-refractivity contribution >= 4 is 16.0 Å². The van der Waals surface area contributed by atoms with Gasteiger partial charge in [-0.15, -0.1) is 0 Å². The van der Waals surface area contributed by atoms with Crippen LogP contribution >= 0.6 is 0 Å². The van der Waals surface area contributed by atoms with E-state index in [0.717, 1.165) is 5.56 Å². The first-order valence-corrected chi connectivity index (χ1v) is 9.67. The second-order valence-electron chi connectivity index (χ2n) is 5.99. The van der Waals surface area contributed by atoms with E-state index in [1.807, 2.05) is 44.2 Å². The summed E-state index contributed by atoms with van der Waals surface area (Å²) in [5, 5.41) is 0. The highest BCUT2D eigenvalue weighted by Crippen LogP contribution is 2.11. The standard InChI is InChI=1S/C17H27NO4S/c1-4-22-17(19)16(12-15-8-6-5-7-9-15)13-18-23(20,21)11-10-14(2)3/h5-9,14,16,18H,4,10-13H2,1-3H3. The highest BCUT2D eigenvalue weighted by Gasteiger charge is 2.23. The van der Waals surface area contributed by atoms with Crippen LogP contribution in [0.5, 0.6) is 0 Å². The van der Waals surface area contributed by atoms with Crippen LogP contribution < -0.4 is 4.72 Å². The quantitative estimate of drug-likeness (QED) is 0.663. The summed E-state index contributed by atoms with van der Waals surface area (Å²) in [6.07, 6.45) is 1.05. The van der Waals surface area contributed by atoms with E-state index in [4.69, 9.17) is 4.74 Å². The van der Waals surface area contributed by atoms with Gasteiger partial charge in [-0.05, 0) is 31.2 Å². The molecular weight excluding hydrogens is 314 g/mol. The maximum atomic E-state index is 12.1. The summed E-state index contributed by atoms with van der Waals surface area (Å²) in [5.41, 5.74) is 0.979. The van der Waals surface area contributed by atoms with Crippen LogP contribution in [0.25, 0.3) is 0 Å². The molecule has 1 N–H and O–H groups in total. The molecule has 6 heteroatoms. The van der Waals surface area contributed by atoms with Crippen molar-refractivity contribution in [3.63, 3.8) is 0 Å². The molecule has 1 atom stereocenters. The minimum Gasteiger partial charge on any atom is -0.466 e. The van der Waals surface area contributed by atoms with Gasteiger partial charge in [0.2, 0.25) is 10.0 Å². The Kier molecular flexibility index (Phi) is 8.26. The first-order valence-electron chi connectivity index (χ1n) is 8.02. The maximum Gasteiger partial charge on any atom is 0.310 e. The SMILES string of the molecule is CCOC(=O)C(CNS(=O)(=O)CCC(C)C)Cc1ccccc1. The summed E-state index contributed by atoms with van der Waals surface area (Å²) < 4.78 is 31.6. The molecule has 5 nitrogen and oxygen atoms in total. The Morgan fingerprint density at radius 2 is 1.87 bits per heavy atom. The second-order valence-corrected chi connectivity index (χ2v) is 7.91. The van der Waals surface area contributed by atoms with Crippen LogP contribution in [0.2, 0.25) is 0 Å². The predicted octanol–water partition coefficient (Wildman–Crippen LogP) is 2.37. The molecule has 0 bridgehead atoms. The van der Waals surface area contributed by atoms with Gasteiger partial charge in [0, 0.05) is 6.54 Å². The van der Waals surface area contributed by atoms with Crippen LogP contribution in [0.3, 0.4) is 0 Å². The fourth-order valence-corrected chi connectivity index (χ4v) is 3.47. The van der Waals surface area contributed by atoms with Crippen LogP contribution in [0.4, 0.5) is 0 Å². The number of sulfonamides is 1. The van der Waals surface area contributed by atoms with E-state index in [2.05, 4.69) is 4.72 Å². The number of rotatable bonds is 10. The zero-order chi connectivity index (χ0) is 17.3. The van der Waals surface area contributed by atoms with Gasteiger partial charge in [0.15, 0.2) is 0 Å². The number of esters is 1. The molecule has 0 saturated carbocycles. The minimum absolute atomic E-state index is 0.0636. The van der Waals surface area contributed by atoms with E-state index in [9.17, 15) is 13.2 Å². The second kappa shape index (κ2) is 9.67. The molecule has 0 radical (unpaired) electrons. The summed E-state index contributed by atoms with van der Waals surface area (Å²) in [5.74, 6) is -0.503. The third kappa shape index (κ3) is 8.13. The van der Waals surface area contributed by atoms with Crippen LogP contribution in [0, 0.1) is 11.8 Å². The number of hydrogen-bond donors (Lipinski definition) is 1. The van der Waals surface area contributed by atoms with E-state index in [1.54, 1.807) is 6.92 Å². The van der Waals surface area contributed by atoms with Gasteiger partial charge in [0.05, 0.1) is 18.3 Å². The Hall–Kier alpha value is -1.40. The zero-order valence-electron chi connectivity index (χ0n) is 14.1. The molecule has 1 unspecified atom stereocenters. The van der Waals surface area contributed by atoms with Crippen molar-refractivity contribution in [1.82, 2.24) is 4.72 Å². The van der Waals surface area contributed by atoms with Crippen molar-refractivity contribution in [2.24, 2.45) is 11.8 Å². The Morgan fingerprint density at radius 1 is 1.22 bits per heavy atom. The summed E-state index contributed by atoms with van der Waals surface area (Å²) >= 11 is 0. The van der Waals surface area contributed by atoms with Gasteiger partial charge in [-0.25, -0.2) is 13.1 Å². The molecule has 1 rings (SSSR count). The van der Waals surface area contributed by atoms with Gasteiger partial charge < -0.3 is 4.74 Å². The average Bonchev–Trinajstić information content (AvgIpc) is 2.51. The largest absolute Gasteiger partial charge is 0.466 e. The maximum absolute atomic E-state index is 12.1. The fraction of sp³-hybridized carbons (Fsp3) is 0.588. The number of carbonyl (C=O) groups excluding carboxylic acids is 1. The Bertz CT molecular complexity index is 570. The molecule has 1 aromatic carbocycles. The van der Waals surface area contributed by atoms with Crippen molar-refractivity contribution in [1.29, 1.82) is 0 Å². The molecule has 0 amide bonds. The molecule has 0 aliphatic heterocycles. The summed E-state index contributed by atoms with van der Waals surface area (Å²) in [6, 6.07) is 9.52. The lowest BCUT2D eigenvalue weighted by atomic mass is 10.00. The highest BCUT2D eigenvalue weighted by atomic mass is 32.2. The van der Waals surface area contributed by atoms with Crippen molar-refractivity contribution in [3.8, 4) is 0 Å². The van der Waals surface area contributed by atoms with E-state index in [-0.39, 0.29) is 24.9 Å². The monoisotopic (exact) mass is 341 g/mol. The molecule has 0 spiro atoms. The highest BCUT2D eigenvalue weighted by molar-refractivity contribution is 7.89. The van der Waals surface area contributed by atoms with Crippen molar-refractivity contribution in [2.75, 3.05) is 18.9 Å². The lowest BCUT2D eigenvalue weighted by Crippen LogP contribution is -2.36. The van der Waals surface area contributed by atoms with Gasteiger partial charge in [-0.2, -0.15) is 0 Å². The van der Waals surface area contributed by atoms with Gasteiger partial charge >= 0.3 is 5.97 Å². The first-order chi connectivity index (χ1) is 10.8. The minimum atomic E-state index is -3.37. The van der Waals surface area contributed by atoms with Crippen molar-refractivity contribution in [3.05, 3.63) is 35.9 Å². The molecule has 0 aromatic heterocycles. The number of benzene rings is 1. The summed E-state index contributed by atoms with van der Waals surface area (Å²) in [7, 11) is -3.37. The van der Waals surface area contributed by atoms with E-state index >= 15 is 0 Å². The van der Waals surface area contributed by atoms with E-state index in [0.29, 0.717) is 18.8 Å². The molecule has 0 saturated heterocycles. The number of carbonyl (C=O) groups is 1. The first kappa shape index (κ1) is 19.6. The molecule has 0 heterocycles. The third-order valence-electron chi connectivity index (χ3n) is 3.46. The van der Waals surface area contributed by atoms with Crippen LogP contribution in [-0.2, 0) is 26.0 Å². The normalized spacial score (nSPS) is 13.0. The Labute approximate surface area is 139 Å². The zero-order valence-corrected chi connectivity index (χ0v) is 14.9. The lowest BCUT2D eigenvalue weighted by molar-refractivity contribution is -0.147. The van der Waals surface area contributed by atoms with E-state index in [1.165, 1.54) is 0 Å². The third-order valence-corrected chi connectivity index (χ3v) is 4.84. The molecular formula is C17H27NO4S. The predicted molar refractivity (Wildman–Crippen MR) is 91.5 cm³/mol. The number of ether oxygens (including phenoxy) is 1. The van der Waals surface area contributed by atoms with Crippen molar-refractivity contribution < 1.29 is 17.9 Å². The van der Waals surface area contributed by atoms with Gasteiger partial charge in [0.1, 0.15) is 0 Å². The lowest BCUT2D eigenvalue weighted by Gasteiger charge is -2.17. The Balaban J connectivity index is 2.68. The van der Waals surface area contributed by atoms with Crippen molar-refractivity contribution in [2.45, 2.75) is 33.6 Å². The number of hydrogen-bond acceptors (Lipinski definition) is 4. The average molecular weight is 341 g/mol. The topological polar surface area (TPSA) is 72.5 Å². The smallest absolute Gasteiger partial charge is 0.310 e. The Morgan fingerprint density at radius 3 is 2.43 bits per heavy atom. The van der Waals surface area contributed by atoms with Crippen LogP contribution in [0.1, 0.15) is 32.8 Å². The van der Waals surface area contributed by atoms with E-state index < -0.39 is 15.9 Å². The van der Waals surface area contributed by atoms with Gasteiger partial charge in [0.25, 0.3) is 0 Å². The molecule has 1 aromatic rings. The molecule has 23 heavy (non-hydrogen) atoms. The summed E-state index contributed by atoms with van der Waals surface area (Å²) in [4.78, 5) is 12.1.